The van der Waals surface area contributed by atoms with Crippen LogP contribution in [-0.2, 0) is 4.74 Å². The molecule has 1 unspecified atom stereocenters. The molecule has 0 bridgehead atoms. The van der Waals surface area contributed by atoms with Gasteiger partial charge in [0.2, 0.25) is 5.88 Å². The summed E-state index contributed by atoms with van der Waals surface area (Å²) in [5.74, 6) is 0.680. The molecule has 1 aliphatic rings. The molecule has 2 N–H and O–H groups in total. The van der Waals surface area contributed by atoms with E-state index in [2.05, 4.69) is 24.2 Å². The Balaban J connectivity index is 2.06. The number of ether oxygens (including phenoxy) is 1. The first-order chi connectivity index (χ1) is 9.27. The van der Waals surface area contributed by atoms with Gasteiger partial charge in [0.05, 0.1) is 17.9 Å². The molecule has 0 aliphatic carbocycles. The van der Waals surface area contributed by atoms with E-state index in [0.717, 1.165) is 36.3 Å². The third kappa shape index (κ3) is 2.24. The van der Waals surface area contributed by atoms with Crippen LogP contribution >= 0.6 is 0 Å². The molecule has 0 saturated carbocycles. The fourth-order valence-corrected chi connectivity index (χ4v) is 2.68. The van der Waals surface area contributed by atoms with Crippen molar-refractivity contribution in [1.82, 2.24) is 5.16 Å². The predicted molar refractivity (Wildman–Crippen MR) is 73.9 cm³/mol. The van der Waals surface area contributed by atoms with Gasteiger partial charge in [-0.2, -0.15) is 0 Å². The smallest absolute Gasteiger partial charge is 0.230 e. The minimum Gasteiger partial charge on any atom is -0.381 e. The molecule has 0 spiro atoms. The van der Waals surface area contributed by atoms with Crippen molar-refractivity contribution >= 4 is 5.88 Å². The van der Waals surface area contributed by atoms with Gasteiger partial charge >= 0.3 is 0 Å². The molecule has 100 valence electrons. The van der Waals surface area contributed by atoms with E-state index in [1.54, 1.807) is 0 Å². The molecule has 0 amide bonds. The summed E-state index contributed by atoms with van der Waals surface area (Å²) in [4.78, 5) is 0. The van der Waals surface area contributed by atoms with E-state index in [-0.39, 0.29) is 5.92 Å². The molecule has 1 aromatic heterocycles. The van der Waals surface area contributed by atoms with Gasteiger partial charge in [0.1, 0.15) is 0 Å². The third-order valence-corrected chi connectivity index (χ3v) is 3.71. The zero-order valence-electron chi connectivity index (χ0n) is 11.1. The van der Waals surface area contributed by atoms with Crippen LogP contribution in [0.1, 0.15) is 30.0 Å². The van der Waals surface area contributed by atoms with Gasteiger partial charge in [-0.05, 0) is 30.9 Å². The van der Waals surface area contributed by atoms with E-state index < -0.39 is 0 Å². The number of benzene rings is 1. The fourth-order valence-electron chi connectivity index (χ4n) is 2.68. The van der Waals surface area contributed by atoms with Crippen LogP contribution < -0.4 is 5.73 Å². The molecule has 2 heterocycles. The van der Waals surface area contributed by atoms with Crippen LogP contribution in [-0.4, -0.2) is 18.4 Å². The van der Waals surface area contributed by atoms with Crippen molar-refractivity contribution in [3.63, 3.8) is 0 Å². The Labute approximate surface area is 112 Å². The monoisotopic (exact) mass is 258 g/mol. The number of nitrogens with zero attached hydrogens (tertiary/aromatic N) is 1. The summed E-state index contributed by atoms with van der Waals surface area (Å²) in [5, 5.41) is 4.18. The molecular formula is C15H18N2O2. The zero-order chi connectivity index (χ0) is 13.2. The Morgan fingerprint density at radius 1 is 1.32 bits per heavy atom. The van der Waals surface area contributed by atoms with Crippen molar-refractivity contribution < 1.29 is 9.26 Å². The van der Waals surface area contributed by atoms with Crippen LogP contribution in [0.25, 0.3) is 11.1 Å². The second-order valence-corrected chi connectivity index (χ2v) is 5.04. The number of nitrogen functional groups attached to an aromatic ring is 1. The van der Waals surface area contributed by atoms with Crippen molar-refractivity contribution in [1.29, 1.82) is 0 Å². The van der Waals surface area contributed by atoms with E-state index in [4.69, 9.17) is 15.0 Å². The van der Waals surface area contributed by atoms with Gasteiger partial charge in [-0.25, -0.2) is 0 Å². The van der Waals surface area contributed by atoms with Crippen LogP contribution in [0.15, 0.2) is 28.8 Å². The van der Waals surface area contributed by atoms with Gasteiger partial charge in [-0.3, -0.25) is 0 Å². The second kappa shape index (κ2) is 5.05. The lowest BCUT2D eigenvalue weighted by Gasteiger charge is -2.21. The highest BCUT2D eigenvalue weighted by atomic mass is 16.5. The van der Waals surface area contributed by atoms with Gasteiger partial charge in [-0.15, -0.1) is 0 Å². The van der Waals surface area contributed by atoms with E-state index in [1.165, 1.54) is 5.56 Å². The van der Waals surface area contributed by atoms with Crippen molar-refractivity contribution in [3.05, 3.63) is 35.5 Å². The molecule has 1 aliphatic heterocycles. The van der Waals surface area contributed by atoms with Gasteiger partial charge in [0.15, 0.2) is 0 Å². The number of aromatic nitrogens is 1. The molecule has 1 saturated heterocycles. The minimum atomic E-state index is 0.282. The van der Waals surface area contributed by atoms with Crippen molar-refractivity contribution in [2.24, 2.45) is 0 Å². The zero-order valence-corrected chi connectivity index (χ0v) is 11.1. The molecule has 0 radical (unpaired) electrons. The minimum absolute atomic E-state index is 0.282. The van der Waals surface area contributed by atoms with Crippen molar-refractivity contribution in [3.8, 4) is 11.1 Å². The first-order valence-electron chi connectivity index (χ1n) is 6.66. The average molecular weight is 258 g/mol. The number of rotatable bonds is 2. The maximum absolute atomic E-state index is 5.98. The van der Waals surface area contributed by atoms with Crippen LogP contribution in [0.3, 0.4) is 0 Å². The van der Waals surface area contributed by atoms with E-state index in [1.807, 2.05) is 12.1 Å². The summed E-state index contributed by atoms with van der Waals surface area (Å²) in [6.07, 6.45) is 2.13. The molecule has 4 nitrogen and oxygen atoms in total. The second-order valence-electron chi connectivity index (χ2n) is 5.04. The standard InChI is InChI=1S/C15H18N2O2/c1-10-5-2-3-7-12(10)13-14(17-19-15(13)16)11-6-4-8-18-9-11/h2-3,5,7,11H,4,6,8-9,16H2,1H3. The van der Waals surface area contributed by atoms with E-state index >= 15 is 0 Å². The summed E-state index contributed by atoms with van der Waals surface area (Å²) in [5.41, 5.74) is 10.1. The largest absolute Gasteiger partial charge is 0.381 e. The first kappa shape index (κ1) is 12.2. The van der Waals surface area contributed by atoms with Crippen molar-refractivity contribution in [2.75, 3.05) is 18.9 Å². The summed E-state index contributed by atoms with van der Waals surface area (Å²) in [6.45, 7) is 3.61. The van der Waals surface area contributed by atoms with E-state index in [0.29, 0.717) is 12.5 Å². The lowest BCUT2D eigenvalue weighted by molar-refractivity contribution is 0.0785. The molecule has 2 aromatic rings. The highest BCUT2D eigenvalue weighted by molar-refractivity contribution is 5.77. The SMILES string of the molecule is Cc1ccccc1-c1c(C2CCCOC2)noc1N. The molecular weight excluding hydrogens is 240 g/mol. The Morgan fingerprint density at radius 2 is 2.16 bits per heavy atom. The predicted octanol–water partition coefficient (Wildman–Crippen LogP) is 3.13. The maximum Gasteiger partial charge on any atom is 0.230 e. The summed E-state index contributed by atoms with van der Waals surface area (Å²) in [6, 6.07) is 8.16. The lowest BCUT2D eigenvalue weighted by Crippen LogP contribution is -2.16. The Hall–Kier alpha value is -1.81. The van der Waals surface area contributed by atoms with Gasteiger partial charge in [0, 0.05) is 12.5 Å². The summed E-state index contributed by atoms with van der Waals surface area (Å²) in [7, 11) is 0. The van der Waals surface area contributed by atoms with Gasteiger partial charge < -0.3 is 15.0 Å². The molecule has 19 heavy (non-hydrogen) atoms. The maximum atomic E-state index is 5.98. The van der Waals surface area contributed by atoms with Gasteiger partial charge in [0.25, 0.3) is 0 Å². The highest BCUT2D eigenvalue weighted by Gasteiger charge is 2.26. The molecule has 1 aromatic carbocycles. The topological polar surface area (TPSA) is 61.3 Å². The molecule has 4 heteroatoms. The quantitative estimate of drug-likeness (QED) is 0.899. The Kier molecular flexibility index (Phi) is 3.25. The summed E-state index contributed by atoms with van der Waals surface area (Å²) >= 11 is 0. The van der Waals surface area contributed by atoms with Crippen molar-refractivity contribution in [2.45, 2.75) is 25.7 Å². The van der Waals surface area contributed by atoms with Crippen LogP contribution in [0.4, 0.5) is 5.88 Å². The van der Waals surface area contributed by atoms with E-state index in [9.17, 15) is 0 Å². The normalized spacial score (nSPS) is 19.5. The van der Waals surface area contributed by atoms with Crippen LogP contribution in [0, 0.1) is 6.92 Å². The number of hydrogen-bond acceptors (Lipinski definition) is 4. The van der Waals surface area contributed by atoms with Crippen LogP contribution in [0.2, 0.25) is 0 Å². The average Bonchev–Trinajstić information content (AvgIpc) is 2.82. The third-order valence-electron chi connectivity index (χ3n) is 3.71. The summed E-state index contributed by atoms with van der Waals surface area (Å²) < 4.78 is 10.8. The Bertz CT molecular complexity index is 571. The lowest BCUT2D eigenvalue weighted by atomic mass is 9.91. The number of hydrogen-bond donors (Lipinski definition) is 1. The van der Waals surface area contributed by atoms with Gasteiger partial charge in [-0.1, -0.05) is 29.4 Å². The molecule has 1 fully saturated rings. The van der Waals surface area contributed by atoms with Crippen LogP contribution in [0.5, 0.6) is 0 Å². The molecule has 1 atom stereocenters. The fraction of sp³-hybridized carbons (Fsp3) is 0.400. The number of nitrogens with two attached hydrogens (primary N) is 1. The first-order valence-corrected chi connectivity index (χ1v) is 6.66. The number of aryl methyl sites for hydroxylation is 1. The highest BCUT2D eigenvalue weighted by Crippen LogP contribution is 2.38. The number of anilines is 1. The molecule has 3 rings (SSSR count). The Morgan fingerprint density at radius 3 is 2.89 bits per heavy atom.